The second-order valence-electron chi connectivity index (χ2n) is 5.41. The normalized spacial score (nSPS) is 10.2. The summed E-state index contributed by atoms with van der Waals surface area (Å²) in [6, 6.07) is 16.4. The molecule has 4 heteroatoms. The highest BCUT2D eigenvalue weighted by Crippen LogP contribution is 2.24. The highest BCUT2D eigenvalue weighted by Gasteiger charge is 2.03. The molecule has 0 unspecified atom stereocenters. The summed E-state index contributed by atoms with van der Waals surface area (Å²) in [7, 11) is 1.81. The minimum Gasteiger partial charge on any atom is -0.494 e. The lowest BCUT2D eigenvalue weighted by Gasteiger charge is -2.16. The Kier molecular flexibility index (Phi) is 6.03. The maximum atomic E-state index is 11.2. The lowest BCUT2D eigenvalue weighted by atomic mass is 10.1. The number of amides is 1. The van der Waals surface area contributed by atoms with Gasteiger partial charge in [0.25, 0.3) is 0 Å². The number of hydrogen-bond donors (Lipinski definition) is 1. The largest absolute Gasteiger partial charge is 0.494 e. The van der Waals surface area contributed by atoms with Crippen LogP contribution in [0, 0.1) is 0 Å². The first kappa shape index (κ1) is 16.9. The monoisotopic (exact) mass is 312 g/mol. The third-order valence-electron chi connectivity index (χ3n) is 3.68. The molecule has 0 spiro atoms. The van der Waals surface area contributed by atoms with E-state index in [0.717, 1.165) is 29.1 Å². The fraction of sp³-hybridized carbons (Fsp3) is 0.316. The van der Waals surface area contributed by atoms with Crippen molar-refractivity contribution >= 4 is 11.6 Å². The van der Waals surface area contributed by atoms with E-state index < -0.39 is 0 Å². The van der Waals surface area contributed by atoms with Crippen LogP contribution < -0.4 is 10.1 Å². The highest BCUT2D eigenvalue weighted by molar-refractivity contribution is 5.73. The Hall–Kier alpha value is -2.49. The Morgan fingerprint density at radius 3 is 2.52 bits per heavy atom. The summed E-state index contributed by atoms with van der Waals surface area (Å²) in [6.07, 6.45) is 0. The van der Waals surface area contributed by atoms with Gasteiger partial charge in [0, 0.05) is 32.7 Å². The fourth-order valence-corrected chi connectivity index (χ4v) is 2.24. The Bertz CT molecular complexity index is 638. The molecule has 0 aliphatic heterocycles. The van der Waals surface area contributed by atoms with Gasteiger partial charge in [0.05, 0.1) is 6.61 Å². The van der Waals surface area contributed by atoms with Crippen molar-refractivity contribution in [2.75, 3.05) is 32.1 Å². The van der Waals surface area contributed by atoms with E-state index >= 15 is 0 Å². The molecule has 0 saturated heterocycles. The number of benzene rings is 2. The lowest BCUT2D eigenvalue weighted by Crippen LogP contribution is -2.29. The van der Waals surface area contributed by atoms with Crippen molar-refractivity contribution in [1.29, 1.82) is 0 Å². The van der Waals surface area contributed by atoms with Gasteiger partial charge in [-0.2, -0.15) is 0 Å². The molecule has 2 aromatic carbocycles. The molecule has 1 N–H and O–H groups in total. The molecule has 23 heavy (non-hydrogen) atoms. The summed E-state index contributed by atoms with van der Waals surface area (Å²) in [5.41, 5.74) is 3.35. The van der Waals surface area contributed by atoms with Crippen LogP contribution in [-0.2, 0) is 4.79 Å². The third kappa shape index (κ3) is 5.02. The number of ether oxygens (including phenoxy) is 1. The summed E-state index contributed by atoms with van der Waals surface area (Å²) in [6.45, 7) is 5.64. The van der Waals surface area contributed by atoms with Crippen LogP contribution >= 0.6 is 0 Å². The van der Waals surface area contributed by atoms with E-state index in [1.165, 1.54) is 0 Å². The predicted molar refractivity (Wildman–Crippen MR) is 94.8 cm³/mol. The number of hydrogen-bond acceptors (Lipinski definition) is 3. The predicted octanol–water partition coefficient (Wildman–Crippen LogP) is 3.64. The van der Waals surface area contributed by atoms with Crippen LogP contribution in [-0.4, -0.2) is 37.6 Å². The summed E-state index contributed by atoms with van der Waals surface area (Å²) >= 11 is 0. The van der Waals surface area contributed by atoms with E-state index in [1.54, 1.807) is 18.9 Å². The smallest absolute Gasteiger partial charge is 0.219 e. The molecule has 0 radical (unpaired) electrons. The molecule has 0 aromatic heterocycles. The fourth-order valence-electron chi connectivity index (χ4n) is 2.24. The van der Waals surface area contributed by atoms with Gasteiger partial charge in [-0.25, -0.2) is 0 Å². The van der Waals surface area contributed by atoms with E-state index in [9.17, 15) is 4.79 Å². The molecule has 0 bridgehead atoms. The molecule has 0 fully saturated rings. The van der Waals surface area contributed by atoms with Crippen LogP contribution in [0.5, 0.6) is 5.75 Å². The number of likely N-dealkylation sites (N-methyl/N-ethyl adjacent to an activating group) is 1. The molecule has 2 aromatic rings. The van der Waals surface area contributed by atoms with Crippen LogP contribution in [0.1, 0.15) is 13.8 Å². The summed E-state index contributed by atoms with van der Waals surface area (Å²) in [5.74, 6) is 0.965. The number of carbonyl (C=O) groups excluding carboxylic acids is 1. The maximum Gasteiger partial charge on any atom is 0.219 e. The van der Waals surface area contributed by atoms with E-state index in [4.69, 9.17) is 4.74 Å². The second kappa shape index (κ2) is 8.22. The minimum atomic E-state index is 0.0786. The highest BCUT2D eigenvalue weighted by atomic mass is 16.5. The Balaban J connectivity index is 2.00. The van der Waals surface area contributed by atoms with Crippen molar-refractivity contribution in [2.45, 2.75) is 13.8 Å². The van der Waals surface area contributed by atoms with Gasteiger partial charge in [-0.3, -0.25) is 4.79 Å². The van der Waals surface area contributed by atoms with Crippen LogP contribution in [0.4, 0.5) is 5.69 Å². The topological polar surface area (TPSA) is 41.6 Å². The first-order valence-corrected chi connectivity index (χ1v) is 7.89. The standard InChI is InChI=1S/C19H24N2O2/c1-4-23-19-10-8-16(9-11-19)17-6-5-7-18(14-17)20-12-13-21(3)15(2)22/h5-11,14,20H,4,12-13H2,1-3H3. The molecule has 2 rings (SSSR count). The van der Waals surface area contributed by atoms with Gasteiger partial charge in [0.15, 0.2) is 0 Å². The molecular weight excluding hydrogens is 288 g/mol. The van der Waals surface area contributed by atoms with Crippen molar-refractivity contribution in [1.82, 2.24) is 4.90 Å². The summed E-state index contributed by atoms with van der Waals surface area (Å²) in [4.78, 5) is 12.9. The van der Waals surface area contributed by atoms with Gasteiger partial charge in [-0.1, -0.05) is 24.3 Å². The van der Waals surface area contributed by atoms with E-state index in [1.807, 2.05) is 31.2 Å². The average molecular weight is 312 g/mol. The molecule has 122 valence electrons. The average Bonchev–Trinajstić information content (AvgIpc) is 2.56. The van der Waals surface area contributed by atoms with Gasteiger partial charge >= 0.3 is 0 Å². The summed E-state index contributed by atoms with van der Waals surface area (Å²) in [5, 5.41) is 3.35. The van der Waals surface area contributed by atoms with Crippen LogP contribution in [0.3, 0.4) is 0 Å². The van der Waals surface area contributed by atoms with Crippen LogP contribution in [0.25, 0.3) is 11.1 Å². The van der Waals surface area contributed by atoms with Gasteiger partial charge in [-0.05, 0) is 42.3 Å². The molecule has 0 saturated carbocycles. The molecular formula is C19H24N2O2. The molecule has 4 nitrogen and oxygen atoms in total. The molecule has 0 heterocycles. The minimum absolute atomic E-state index is 0.0786. The zero-order valence-corrected chi connectivity index (χ0v) is 14.0. The van der Waals surface area contributed by atoms with Crippen molar-refractivity contribution in [3.05, 3.63) is 48.5 Å². The van der Waals surface area contributed by atoms with Crippen LogP contribution in [0.2, 0.25) is 0 Å². The Morgan fingerprint density at radius 1 is 1.13 bits per heavy atom. The van der Waals surface area contributed by atoms with Crippen molar-refractivity contribution in [3.8, 4) is 16.9 Å². The van der Waals surface area contributed by atoms with Crippen molar-refractivity contribution in [3.63, 3.8) is 0 Å². The maximum absolute atomic E-state index is 11.2. The first-order valence-electron chi connectivity index (χ1n) is 7.89. The number of anilines is 1. The number of nitrogens with one attached hydrogen (secondary N) is 1. The molecule has 1 amide bonds. The van der Waals surface area contributed by atoms with Gasteiger partial charge < -0.3 is 15.0 Å². The van der Waals surface area contributed by atoms with Crippen LogP contribution in [0.15, 0.2) is 48.5 Å². The number of carbonyl (C=O) groups is 1. The van der Waals surface area contributed by atoms with Gasteiger partial charge in [0.2, 0.25) is 5.91 Å². The second-order valence-corrected chi connectivity index (χ2v) is 5.41. The quantitative estimate of drug-likeness (QED) is 0.848. The SMILES string of the molecule is CCOc1ccc(-c2cccc(NCCN(C)C(C)=O)c2)cc1. The zero-order chi connectivity index (χ0) is 16.7. The third-order valence-corrected chi connectivity index (χ3v) is 3.68. The summed E-state index contributed by atoms with van der Waals surface area (Å²) < 4.78 is 5.47. The lowest BCUT2D eigenvalue weighted by molar-refractivity contribution is -0.127. The molecule has 0 aliphatic rings. The first-order chi connectivity index (χ1) is 11.1. The van der Waals surface area contributed by atoms with Gasteiger partial charge in [-0.15, -0.1) is 0 Å². The van der Waals surface area contributed by atoms with E-state index in [2.05, 4.69) is 29.6 Å². The van der Waals surface area contributed by atoms with Crippen molar-refractivity contribution in [2.24, 2.45) is 0 Å². The van der Waals surface area contributed by atoms with Crippen molar-refractivity contribution < 1.29 is 9.53 Å². The Morgan fingerprint density at radius 2 is 1.87 bits per heavy atom. The molecule has 0 atom stereocenters. The van der Waals surface area contributed by atoms with E-state index in [-0.39, 0.29) is 5.91 Å². The zero-order valence-electron chi connectivity index (χ0n) is 14.0. The molecule has 0 aliphatic carbocycles. The Labute approximate surface area is 138 Å². The number of rotatable bonds is 7. The van der Waals surface area contributed by atoms with E-state index in [0.29, 0.717) is 13.2 Å². The number of nitrogens with zero attached hydrogens (tertiary/aromatic N) is 1. The van der Waals surface area contributed by atoms with Gasteiger partial charge in [0.1, 0.15) is 5.75 Å².